The Morgan fingerprint density at radius 3 is 2.75 bits per heavy atom. The summed E-state index contributed by atoms with van der Waals surface area (Å²) in [6.45, 7) is 7.48. The highest BCUT2D eigenvalue weighted by molar-refractivity contribution is 5.01. The minimum atomic E-state index is 0.572. The Morgan fingerprint density at radius 2 is 2.12 bits per heavy atom. The predicted molar refractivity (Wildman–Crippen MR) is 64.5 cm³/mol. The number of nitrogens with one attached hydrogen (secondary N) is 1. The smallest absolute Gasteiger partial charge is 0.133 e. The van der Waals surface area contributed by atoms with E-state index in [2.05, 4.69) is 40.9 Å². The molecule has 1 aliphatic carbocycles. The van der Waals surface area contributed by atoms with Gasteiger partial charge in [0.15, 0.2) is 0 Å². The number of nitrogens with zero attached hydrogens (tertiary/aromatic N) is 3. The second-order valence-corrected chi connectivity index (χ2v) is 4.98. The molecule has 0 unspecified atom stereocenters. The molecule has 0 saturated heterocycles. The average Bonchev–Trinajstić information content (AvgIpc) is 2.99. The lowest BCUT2D eigenvalue weighted by Gasteiger charge is -2.09. The zero-order valence-electron chi connectivity index (χ0n) is 10.5. The molecule has 1 heterocycles. The summed E-state index contributed by atoms with van der Waals surface area (Å²) in [5, 5.41) is 11.9. The van der Waals surface area contributed by atoms with E-state index in [0.29, 0.717) is 12.1 Å². The van der Waals surface area contributed by atoms with Crippen molar-refractivity contribution in [3.8, 4) is 0 Å². The Labute approximate surface area is 97.5 Å². The summed E-state index contributed by atoms with van der Waals surface area (Å²) in [5.74, 6) is 2.25. The zero-order chi connectivity index (χ0) is 11.5. The molecule has 0 amide bonds. The molecular formula is C12H22N4. The monoisotopic (exact) mass is 222 g/mol. The standard InChI is InChI=1S/C12H22N4/c1-9(2)13-8-4-5-12-15-14-10(3)16(12)11-6-7-11/h9,11,13H,4-8H2,1-3H3. The van der Waals surface area contributed by atoms with Crippen molar-refractivity contribution in [1.82, 2.24) is 20.1 Å². The summed E-state index contributed by atoms with van der Waals surface area (Å²) in [6.07, 6.45) is 4.78. The number of hydrogen-bond donors (Lipinski definition) is 1. The van der Waals surface area contributed by atoms with Gasteiger partial charge in [-0.3, -0.25) is 0 Å². The third-order valence-corrected chi connectivity index (χ3v) is 2.98. The van der Waals surface area contributed by atoms with Crippen molar-refractivity contribution in [2.24, 2.45) is 0 Å². The fourth-order valence-electron chi connectivity index (χ4n) is 2.03. The van der Waals surface area contributed by atoms with Gasteiger partial charge in [-0.15, -0.1) is 10.2 Å². The summed E-state index contributed by atoms with van der Waals surface area (Å²) in [4.78, 5) is 0. The summed E-state index contributed by atoms with van der Waals surface area (Å²) < 4.78 is 2.33. The number of aromatic nitrogens is 3. The van der Waals surface area contributed by atoms with E-state index < -0.39 is 0 Å². The first-order chi connectivity index (χ1) is 7.68. The Balaban J connectivity index is 1.84. The van der Waals surface area contributed by atoms with Gasteiger partial charge in [-0.2, -0.15) is 0 Å². The summed E-state index contributed by atoms with van der Waals surface area (Å²) in [5.41, 5.74) is 0. The van der Waals surface area contributed by atoms with Crippen molar-refractivity contribution in [1.29, 1.82) is 0 Å². The molecule has 2 rings (SSSR count). The van der Waals surface area contributed by atoms with Crippen LogP contribution in [0.4, 0.5) is 0 Å². The quantitative estimate of drug-likeness (QED) is 0.747. The maximum absolute atomic E-state index is 4.28. The Kier molecular flexibility index (Phi) is 3.59. The van der Waals surface area contributed by atoms with Crippen LogP contribution in [0, 0.1) is 6.92 Å². The van der Waals surface area contributed by atoms with Gasteiger partial charge in [0.05, 0.1) is 0 Å². The second kappa shape index (κ2) is 4.95. The predicted octanol–water partition coefficient (Wildman–Crippen LogP) is 1.85. The van der Waals surface area contributed by atoms with Crippen molar-refractivity contribution in [2.45, 2.75) is 58.5 Å². The van der Waals surface area contributed by atoms with Gasteiger partial charge in [-0.1, -0.05) is 13.8 Å². The van der Waals surface area contributed by atoms with Gasteiger partial charge >= 0.3 is 0 Å². The zero-order valence-corrected chi connectivity index (χ0v) is 10.5. The Morgan fingerprint density at radius 1 is 1.38 bits per heavy atom. The summed E-state index contributed by atoms with van der Waals surface area (Å²) >= 11 is 0. The van der Waals surface area contributed by atoms with Crippen LogP contribution in [0.5, 0.6) is 0 Å². The van der Waals surface area contributed by atoms with Crippen LogP contribution in [0.15, 0.2) is 0 Å². The fraction of sp³-hybridized carbons (Fsp3) is 0.833. The normalized spacial score (nSPS) is 16.0. The molecule has 1 N–H and O–H groups in total. The molecule has 4 heteroatoms. The third kappa shape index (κ3) is 2.82. The van der Waals surface area contributed by atoms with Gasteiger partial charge in [0, 0.05) is 18.5 Å². The van der Waals surface area contributed by atoms with Crippen LogP contribution < -0.4 is 5.32 Å². The van der Waals surface area contributed by atoms with E-state index in [1.807, 2.05) is 0 Å². The molecule has 0 aliphatic heterocycles. The van der Waals surface area contributed by atoms with E-state index in [1.54, 1.807) is 0 Å². The van der Waals surface area contributed by atoms with Crippen molar-refractivity contribution in [3.63, 3.8) is 0 Å². The van der Waals surface area contributed by atoms with Gasteiger partial charge in [-0.25, -0.2) is 0 Å². The average molecular weight is 222 g/mol. The third-order valence-electron chi connectivity index (χ3n) is 2.98. The topological polar surface area (TPSA) is 42.7 Å². The van der Waals surface area contributed by atoms with Crippen molar-refractivity contribution in [2.75, 3.05) is 6.54 Å². The molecule has 1 aliphatic rings. The van der Waals surface area contributed by atoms with Crippen LogP contribution in [-0.2, 0) is 6.42 Å². The molecule has 1 fully saturated rings. The first kappa shape index (κ1) is 11.6. The van der Waals surface area contributed by atoms with Gasteiger partial charge in [0.1, 0.15) is 11.6 Å². The van der Waals surface area contributed by atoms with Gasteiger partial charge in [0.2, 0.25) is 0 Å². The van der Waals surface area contributed by atoms with Gasteiger partial charge in [0.25, 0.3) is 0 Å². The van der Waals surface area contributed by atoms with Crippen LogP contribution >= 0.6 is 0 Å². The van der Waals surface area contributed by atoms with Crippen LogP contribution in [0.2, 0.25) is 0 Å². The fourth-order valence-corrected chi connectivity index (χ4v) is 2.03. The van der Waals surface area contributed by atoms with Crippen LogP contribution in [0.25, 0.3) is 0 Å². The highest BCUT2D eigenvalue weighted by Crippen LogP contribution is 2.36. The first-order valence-corrected chi connectivity index (χ1v) is 6.32. The van der Waals surface area contributed by atoms with E-state index >= 15 is 0 Å². The highest BCUT2D eigenvalue weighted by atomic mass is 15.3. The maximum atomic E-state index is 4.28. The van der Waals surface area contributed by atoms with E-state index in [9.17, 15) is 0 Å². The molecule has 90 valence electrons. The minimum absolute atomic E-state index is 0.572. The molecule has 1 saturated carbocycles. The van der Waals surface area contributed by atoms with E-state index in [-0.39, 0.29) is 0 Å². The second-order valence-electron chi connectivity index (χ2n) is 4.98. The largest absolute Gasteiger partial charge is 0.315 e. The molecule has 16 heavy (non-hydrogen) atoms. The van der Waals surface area contributed by atoms with Gasteiger partial charge < -0.3 is 9.88 Å². The molecular weight excluding hydrogens is 200 g/mol. The van der Waals surface area contributed by atoms with Gasteiger partial charge in [-0.05, 0) is 32.7 Å². The maximum Gasteiger partial charge on any atom is 0.133 e. The Bertz CT molecular complexity index is 339. The molecule has 0 radical (unpaired) electrons. The lowest BCUT2D eigenvalue weighted by molar-refractivity contribution is 0.555. The highest BCUT2D eigenvalue weighted by Gasteiger charge is 2.27. The first-order valence-electron chi connectivity index (χ1n) is 6.32. The molecule has 0 aromatic carbocycles. The molecule has 4 nitrogen and oxygen atoms in total. The van der Waals surface area contributed by atoms with Crippen molar-refractivity contribution < 1.29 is 0 Å². The molecule has 0 spiro atoms. The number of aryl methyl sites for hydroxylation is 2. The lowest BCUT2D eigenvalue weighted by atomic mass is 10.2. The van der Waals surface area contributed by atoms with E-state index in [4.69, 9.17) is 0 Å². The Hall–Kier alpha value is -0.900. The number of rotatable bonds is 6. The lowest BCUT2D eigenvalue weighted by Crippen LogP contribution is -2.24. The van der Waals surface area contributed by atoms with E-state index in [0.717, 1.165) is 25.2 Å². The van der Waals surface area contributed by atoms with Crippen molar-refractivity contribution >= 4 is 0 Å². The van der Waals surface area contributed by atoms with Crippen LogP contribution in [0.1, 0.15) is 50.8 Å². The SMILES string of the molecule is Cc1nnc(CCCNC(C)C)n1C1CC1. The van der Waals surface area contributed by atoms with E-state index in [1.165, 1.54) is 18.7 Å². The minimum Gasteiger partial charge on any atom is -0.315 e. The molecule has 1 aromatic heterocycles. The number of hydrogen-bond acceptors (Lipinski definition) is 3. The van der Waals surface area contributed by atoms with Crippen molar-refractivity contribution in [3.05, 3.63) is 11.6 Å². The van der Waals surface area contributed by atoms with Crippen LogP contribution in [-0.4, -0.2) is 27.4 Å². The molecule has 1 aromatic rings. The molecule has 0 bridgehead atoms. The van der Waals surface area contributed by atoms with Crippen LogP contribution in [0.3, 0.4) is 0 Å². The summed E-state index contributed by atoms with van der Waals surface area (Å²) in [6, 6.07) is 1.27. The molecule has 0 atom stereocenters. The summed E-state index contributed by atoms with van der Waals surface area (Å²) in [7, 11) is 0.